The molecule has 1 N–H and O–H groups in total. The Bertz CT molecular complexity index is 657. The molecule has 0 saturated carbocycles. The molecule has 0 aliphatic rings. The molecule has 0 aromatic carbocycles. The lowest BCUT2D eigenvalue weighted by Crippen LogP contribution is -2.17. The maximum absolute atomic E-state index is 12.4. The van der Waals surface area contributed by atoms with Crippen molar-refractivity contribution in [2.75, 3.05) is 19.5 Å². The molecule has 22 heavy (non-hydrogen) atoms. The van der Waals surface area contributed by atoms with E-state index in [0.717, 1.165) is 5.69 Å². The van der Waals surface area contributed by atoms with Gasteiger partial charge in [-0.2, -0.15) is 0 Å². The largest absolute Gasteiger partial charge is 0.480 e. The van der Waals surface area contributed by atoms with Gasteiger partial charge in [0.05, 0.1) is 19.9 Å². The van der Waals surface area contributed by atoms with Crippen LogP contribution in [0.2, 0.25) is 0 Å². The zero-order chi connectivity index (χ0) is 16.3. The first kappa shape index (κ1) is 16.2. The van der Waals surface area contributed by atoms with E-state index in [-0.39, 0.29) is 22.7 Å². The fourth-order valence-electron chi connectivity index (χ4n) is 1.69. The van der Waals surface area contributed by atoms with Crippen molar-refractivity contribution in [2.24, 2.45) is 0 Å². The first-order valence-corrected chi connectivity index (χ1v) is 7.45. The van der Waals surface area contributed by atoms with Crippen LogP contribution in [-0.2, 0) is 5.41 Å². The van der Waals surface area contributed by atoms with Crippen molar-refractivity contribution in [2.45, 2.75) is 26.2 Å². The van der Waals surface area contributed by atoms with Gasteiger partial charge in [0.15, 0.2) is 10.7 Å². The number of methoxy groups -OCH3 is 2. The maximum atomic E-state index is 12.4. The molecule has 2 heterocycles. The van der Waals surface area contributed by atoms with Crippen LogP contribution in [0.1, 0.15) is 36.8 Å². The summed E-state index contributed by atoms with van der Waals surface area (Å²) in [5.74, 6) is -0.127. The number of amides is 1. The Hall–Kier alpha value is -2.22. The third-order valence-electron chi connectivity index (χ3n) is 2.88. The van der Waals surface area contributed by atoms with E-state index in [4.69, 9.17) is 9.47 Å². The minimum Gasteiger partial charge on any atom is -0.480 e. The summed E-state index contributed by atoms with van der Waals surface area (Å²) < 4.78 is 10.2. The number of carbonyl (C=O) groups excluding carboxylic acids is 1. The highest BCUT2D eigenvalue weighted by Gasteiger charge is 2.23. The highest BCUT2D eigenvalue weighted by atomic mass is 32.1. The molecule has 0 aliphatic carbocycles. The van der Waals surface area contributed by atoms with E-state index in [1.54, 1.807) is 0 Å². The molecule has 0 aliphatic heterocycles. The molecule has 0 saturated heterocycles. The molecular weight excluding hydrogens is 304 g/mol. The zero-order valence-corrected chi connectivity index (χ0v) is 13.9. The van der Waals surface area contributed by atoms with Gasteiger partial charge in [0.25, 0.3) is 5.91 Å². The van der Waals surface area contributed by atoms with E-state index in [9.17, 15) is 4.79 Å². The third kappa shape index (κ3) is 3.33. The Morgan fingerprint density at radius 1 is 1.18 bits per heavy atom. The lowest BCUT2D eigenvalue weighted by molar-refractivity contribution is 0.101. The second-order valence-corrected chi connectivity index (χ2v) is 6.37. The van der Waals surface area contributed by atoms with Crippen LogP contribution in [0, 0.1) is 0 Å². The van der Waals surface area contributed by atoms with Crippen LogP contribution in [0.15, 0.2) is 11.7 Å². The first-order valence-electron chi connectivity index (χ1n) is 6.57. The van der Waals surface area contributed by atoms with Crippen molar-refractivity contribution >= 4 is 22.4 Å². The Balaban J connectivity index is 2.28. The van der Waals surface area contributed by atoms with Crippen LogP contribution < -0.4 is 14.8 Å². The summed E-state index contributed by atoms with van der Waals surface area (Å²) >= 11 is 1.36. The summed E-state index contributed by atoms with van der Waals surface area (Å²) in [4.78, 5) is 24.7. The van der Waals surface area contributed by atoms with E-state index >= 15 is 0 Å². The Morgan fingerprint density at radius 3 is 2.23 bits per heavy atom. The quantitative estimate of drug-likeness (QED) is 0.930. The Morgan fingerprint density at radius 2 is 1.77 bits per heavy atom. The van der Waals surface area contributed by atoms with Gasteiger partial charge in [0, 0.05) is 10.8 Å². The van der Waals surface area contributed by atoms with Crippen molar-refractivity contribution in [3.8, 4) is 11.8 Å². The van der Waals surface area contributed by atoms with Gasteiger partial charge in [-0.1, -0.05) is 20.8 Å². The molecule has 8 heteroatoms. The molecule has 1 amide bonds. The summed E-state index contributed by atoms with van der Waals surface area (Å²) in [7, 11) is 2.86. The smallest absolute Gasteiger partial charge is 0.268 e. The highest BCUT2D eigenvalue weighted by molar-refractivity contribution is 7.14. The molecule has 118 valence electrons. The van der Waals surface area contributed by atoms with Crippen molar-refractivity contribution in [3.05, 3.63) is 23.0 Å². The van der Waals surface area contributed by atoms with Crippen LogP contribution in [-0.4, -0.2) is 35.1 Å². The van der Waals surface area contributed by atoms with Gasteiger partial charge in [-0.05, 0) is 0 Å². The van der Waals surface area contributed by atoms with E-state index in [1.807, 2.05) is 5.38 Å². The van der Waals surface area contributed by atoms with E-state index in [1.165, 1.54) is 31.9 Å². The lowest BCUT2D eigenvalue weighted by Gasteiger charge is -2.14. The minimum absolute atomic E-state index is 0.0787. The van der Waals surface area contributed by atoms with Crippen LogP contribution in [0.4, 0.5) is 5.13 Å². The number of thiazole rings is 1. The second-order valence-electron chi connectivity index (χ2n) is 5.51. The van der Waals surface area contributed by atoms with Crippen LogP contribution in [0.25, 0.3) is 0 Å². The number of nitrogens with zero attached hydrogens (tertiary/aromatic N) is 3. The van der Waals surface area contributed by atoms with Gasteiger partial charge in [-0.25, -0.2) is 15.0 Å². The van der Waals surface area contributed by atoms with Gasteiger partial charge in [0.2, 0.25) is 11.8 Å². The number of ether oxygens (including phenoxy) is 2. The monoisotopic (exact) mass is 322 g/mol. The molecular formula is C14H18N4O3S. The summed E-state index contributed by atoms with van der Waals surface area (Å²) in [6.07, 6.45) is 1.27. The second kappa shape index (κ2) is 6.27. The molecule has 2 aromatic rings. The van der Waals surface area contributed by atoms with Gasteiger partial charge >= 0.3 is 0 Å². The van der Waals surface area contributed by atoms with Crippen molar-refractivity contribution in [1.29, 1.82) is 0 Å². The van der Waals surface area contributed by atoms with Crippen LogP contribution in [0.3, 0.4) is 0 Å². The normalized spacial score (nSPS) is 11.1. The molecule has 0 radical (unpaired) electrons. The number of rotatable bonds is 4. The van der Waals surface area contributed by atoms with Crippen molar-refractivity contribution in [1.82, 2.24) is 15.0 Å². The first-order chi connectivity index (χ1) is 10.4. The lowest BCUT2D eigenvalue weighted by atomic mass is 9.93. The zero-order valence-electron chi connectivity index (χ0n) is 13.1. The molecule has 0 unspecified atom stereocenters. The average Bonchev–Trinajstić information content (AvgIpc) is 2.94. The highest BCUT2D eigenvalue weighted by Crippen LogP contribution is 2.28. The topological polar surface area (TPSA) is 86.2 Å². The minimum atomic E-state index is -0.427. The standard InChI is InChI=1S/C14H18N4O3S/c1-14(2,3)8-6-22-13(17-8)18-10(19)9-11(20-4)15-7-16-12(9)21-5/h6-7H,1-5H3,(H,17,18,19). The van der Waals surface area contributed by atoms with Gasteiger partial charge in [0.1, 0.15) is 6.33 Å². The van der Waals surface area contributed by atoms with Crippen molar-refractivity contribution < 1.29 is 14.3 Å². The summed E-state index contributed by atoms with van der Waals surface area (Å²) in [6, 6.07) is 0. The molecule has 0 atom stereocenters. The van der Waals surface area contributed by atoms with Crippen molar-refractivity contribution in [3.63, 3.8) is 0 Å². The third-order valence-corrected chi connectivity index (χ3v) is 3.64. The Labute approximate surface area is 132 Å². The predicted octanol–water partition coefficient (Wildman–Crippen LogP) is 2.50. The molecule has 2 aromatic heterocycles. The predicted molar refractivity (Wildman–Crippen MR) is 83.9 cm³/mol. The Kier molecular flexibility index (Phi) is 4.60. The van der Waals surface area contributed by atoms with Gasteiger partial charge in [-0.15, -0.1) is 11.3 Å². The van der Waals surface area contributed by atoms with E-state index in [0.29, 0.717) is 5.13 Å². The summed E-state index contributed by atoms with van der Waals surface area (Å²) in [5.41, 5.74) is 0.973. The van der Waals surface area contributed by atoms with Gasteiger partial charge in [-0.3, -0.25) is 10.1 Å². The van der Waals surface area contributed by atoms with Crippen LogP contribution >= 0.6 is 11.3 Å². The number of nitrogens with one attached hydrogen (secondary N) is 1. The number of hydrogen-bond donors (Lipinski definition) is 1. The fraction of sp³-hybridized carbons (Fsp3) is 0.429. The van der Waals surface area contributed by atoms with E-state index in [2.05, 4.69) is 41.0 Å². The number of carbonyl (C=O) groups is 1. The van der Waals surface area contributed by atoms with E-state index < -0.39 is 5.91 Å². The molecule has 2 rings (SSSR count). The number of anilines is 1. The molecule has 0 bridgehead atoms. The molecule has 0 fully saturated rings. The molecule has 0 spiro atoms. The maximum Gasteiger partial charge on any atom is 0.268 e. The number of aromatic nitrogens is 3. The SMILES string of the molecule is COc1ncnc(OC)c1C(=O)Nc1nc(C(C)(C)C)cs1. The summed E-state index contributed by atoms with van der Waals surface area (Å²) in [5, 5.41) is 5.15. The number of hydrogen-bond acceptors (Lipinski definition) is 7. The van der Waals surface area contributed by atoms with Crippen LogP contribution in [0.5, 0.6) is 11.8 Å². The average molecular weight is 322 g/mol. The summed E-state index contributed by atoms with van der Waals surface area (Å²) in [6.45, 7) is 6.18. The fourth-order valence-corrected chi connectivity index (χ4v) is 2.63. The molecule has 7 nitrogen and oxygen atoms in total. The van der Waals surface area contributed by atoms with Gasteiger partial charge < -0.3 is 9.47 Å².